The summed E-state index contributed by atoms with van der Waals surface area (Å²) in [6, 6.07) is 5.91. The van der Waals surface area contributed by atoms with Crippen LogP contribution in [0.4, 0.5) is 0 Å². The standard InChI is InChI=1S/C11H12N2O3/c1-2-13(7-6-12)11(16)10-8(14)4-3-5-9(10)15/h3-5,14-15H,2,7H2,1H3. The van der Waals surface area contributed by atoms with Crippen LogP contribution in [0.15, 0.2) is 18.2 Å². The molecule has 0 aromatic heterocycles. The highest BCUT2D eigenvalue weighted by Gasteiger charge is 2.20. The van der Waals surface area contributed by atoms with Crippen molar-refractivity contribution in [3.05, 3.63) is 23.8 Å². The van der Waals surface area contributed by atoms with E-state index in [1.165, 1.54) is 23.1 Å². The van der Waals surface area contributed by atoms with Gasteiger partial charge in [0.1, 0.15) is 23.6 Å². The van der Waals surface area contributed by atoms with Gasteiger partial charge in [-0.15, -0.1) is 0 Å². The van der Waals surface area contributed by atoms with Gasteiger partial charge in [-0.05, 0) is 19.1 Å². The van der Waals surface area contributed by atoms with E-state index in [1.807, 2.05) is 6.07 Å². The molecule has 5 nitrogen and oxygen atoms in total. The molecule has 1 aromatic carbocycles. The number of carbonyl (C=O) groups excluding carboxylic acids is 1. The van der Waals surface area contributed by atoms with E-state index in [4.69, 9.17) is 5.26 Å². The van der Waals surface area contributed by atoms with Gasteiger partial charge in [-0.2, -0.15) is 5.26 Å². The highest BCUT2D eigenvalue weighted by atomic mass is 16.3. The number of nitriles is 1. The summed E-state index contributed by atoms with van der Waals surface area (Å²) in [4.78, 5) is 13.1. The first kappa shape index (κ1) is 11.9. The summed E-state index contributed by atoms with van der Waals surface area (Å²) in [6.07, 6.45) is 0. The molecule has 0 aliphatic carbocycles. The molecule has 84 valence electrons. The van der Waals surface area contributed by atoms with Gasteiger partial charge in [0.15, 0.2) is 0 Å². The number of nitrogens with zero attached hydrogens (tertiary/aromatic N) is 2. The van der Waals surface area contributed by atoms with E-state index in [2.05, 4.69) is 0 Å². The Balaban J connectivity index is 3.09. The Morgan fingerprint density at radius 2 is 2.00 bits per heavy atom. The maximum atomic E-state index is 11.9. The molecule has 0 aliphatic heterocycles. The summed E-state index contributed by atoms with van der Waals surface area (Å²) in [6.45, 7) is 1.97. The third-order valence-electron chi connectivity index (χ3n) is 2.16. The van der Waals surface area contributed by atoms with Crippen molar-refractivity contribution < 1.29 is 15.0 Å². The Labute approximate surface area is 93.2 Å². The molecule has 0 heterocycles. The average Bonchev–Trinajstić information content (AvgIpc) is 2.25. The minimum absolute atomic E-state index is 0.0803. The summed E-state index contributed by atoms with van der Waals surface area (Å²) in [7, 11) is 0. The number of hydrogen-bond donors (Lipinski definition) is 2. The van der Waals surface area contributed by atoms with E-state index in [-0.39, 0.29) is 23.6 Å². The number of phenols is 2. The van der Waals surface area contributed by atoms with Crippen molar-refractivity contribution in [2.24, 2.45) is 0 Å². The molecule has 0 bridgehead atoms. The van der Waals surface area contributed by atoms with Gasteiger partial charge in [-0.25, -0.2) is 0 Å². The van der Waals surface area contributed by atoms with E-state index < -0.39 is 5.91 Å². The highest BCUT2D eigenvalue weighted by Crippen LogP contribution is 2.27. The zero-order valence-electron chi connectivity index (χ0n) is 8.84. The maximum absolute atomic E-state index is 11.9. The van der Waals surface area contributed by atoms with Crippen molar-refractivity contribution in [1.29, 1.82) is 5.26 Å². The largest absolute Gasteiger partial charge is 0.507 e. The molecule has 0 spiro atoms. The molecule has 0 fully saturated rings. The van der Waals surface area contributed by atoms with Gasteiger partial charge in [0.2, 0.25) is 0 Å². The first-order valence-electron chi connectivity index (χ1n) is 4.79. The summed E-state index contributed by atoms with van der Waals surface area (Å²) >= 11 is 0. The first-order chi connectivity index (χ1) is 7.61. The fourth-order valence-corrected chi connectivity index (χ4v) is 1.32. The van der Waals surface area contributed by atoms with E-state index in [9.17, 15) is 15.0 Å². The summed E-state index contributed by atoms with van der Waals surface area (Å²) in [5.41, 5.74) is -0.167. The molecule has 0 radical (unpaired) electrons. The van der Waals surface area contributed by atoms with Crippen LogP contribution in [0.2, 0.25) is 0 Å². The van der Waals surface area contributed by atoms with Crippen LogP contribution in [0.25, 0.3) is 0 Å². The molecular formula is C11H12N2O3. The molecule has 1 rings (SSSR count). The number of amides is 1. The van der Waals surface area contributed by atoms with Crippen molar-refractivity contribution in [2.45, 2.75) is 6.92 Å². The zero-order chi connectivity index (χ0) is 12.1. The lowest BCUT2D eigenvalue weighted by molar-refractivity contribution is 0.0778. The maximum Gasteiger partial charge on any atom is 0.262 e. The van der Waals surface area contributed by atoms with Crippen LogP contribution in [-0.2, 0) is 0 Å². The number of rotatable bonds is 3. The summed E-state index contributed by atoms with van der Waals surface area (Å²) < 4.78 is 0. The third-order valence-corrected chi connectivity index (χ3v) is 2.16. The second-order valence-electron chi connectivity index (χ2n) is 3.15. The van der Waals surface area contributed by atoms with Gasteiger partial charge in [0, 0.05) is 6.54 Å². The van der Waals surface area contributed by atoms with E-state index >= 15 is 0 Å². The molecule has 0 saturated heterocycles. The Morgan fingerprint density at radius 1 is 1.44 bits per heavy atom. The minimum Gasteiger partial charge on any atom is -0.507 e. The van der Waals surface area contributed by atoms with Crippen LogP contribution in [0, 0.1) is 11.3 Å². The van der Waals surface area contributed by atoms with Gasteiger partial charge in [-0.3, -0.25) is 4.79 Å². The topological polar surface area (TPSA) is 84.6 Å². The molecule has 16 heavy (non-hydrogen) atoms. The quantitative estimate of drug-likeness (QED) is 0.746. The first-order valence-corrected chi connectivity index (χ1v) is 4.79. The number of aromatic hydroxyl groups is 2. The summed E-state index contributed by atoms with van der Waals surface area (Å²) in [5.74, 6) is -1.14. The number of hydrogen-bond acceptors (Lipinski definition) is 4. The molecule has 1 aromatic rings. The molecule has 0 aliphatic rings. The van der Waals surface area contributed by atoms with Crippen molar-refractivity contribution in [3.8, 4) is 17.6 Å². The van der Waals surface area contributed by atoms with Crippen LogP contribution in [0.3, 0.4) is 0 Å². The molecule has 5 heteroatoms. The second kappa shape index (κ2) is 5.03. The van der Waals surface area contributed by atoms with E-state index in [1.54, 1.807) is 6.92 Å². The monoisotopic (exact) mass is 220 g/mol. The Morgan fingerprint density at radius 3 is 2.44 bits per heavy atom. The predicted molar refractivity (Wildman–Crippen MR) is 57.0 cm³/mol. The molecule has 0 atom stereocenters. The molecule has 0 saturated carbocycles. The van der Waals surface area contributed by atoms with Crippen LogP contribution >= 0.6 is 0 Å². The predicted octanol–water partition coefficient (Wildman–Crippen LogP) is 1.08. The summed E-state index contributed by atoms with van der Waals surface area (Å²) in [5, 5.41) is 27.5. The third kappa shape index (κ3) is 2.23. The lowest BCUT2D eigenvalue weighted by Gasteiger charge is -2.18. The molecule has 2 N–H and O–H groups in total. The fraction of sp³-hybridized carbons (Fsp3) is 0.273. The van der Waals surface area contributed by atoms with Crippen LogP contribution < -0.4 is 0 Å². The second-order valence-corrected chi connectivity index (χ2v) is 3.15. The van der Waals surface area contributed by atoms with Crippen LogP contribution in [-0.4, -0.2) is 34.1 Å². The Kier molecular flexibility index (Phi) is 3.72. The van der Waals surface area contributed by atoms with Crippen molar-refractivity contribution >= 4 is 5.91 Å². The zero-order valence-corrected chi connectivity index (χ0v) is 8.84. The van der Waals surface area contributed by atoms with Crippen molar-refractivity contribution in [3.63, 3.8) is 0 Å². The smallest absolute Gasteiger partial charge is 0.262 e. The number of phenolic OH excluding ortho intramolecular Hbond substituents is 2. The van der Waals surface area contributed by atoms with Crippen LogP contribution in [0.5, 0.6) is 11.5 Å². The average molecular weight is 220 g/mol. The highest BCUT2D eigenvalue weighted by molar-refractivity contribution is 5.99. The number of benzene rings is 1. The molecule has 1 amide bonds. The molecule has 0 unspecified atom stereocenters. The Hall–Kier alpha value is -2.22. The minimum atomic E-state index is -0.556. The molecular weight excluding hydrogens is 208 g/mol. The SMILES string of the molecule is CCN(CC#N)C(=O)c1c(O)cccc1O. The van der Waals surface area contributed by atoms with E-state index in [0.29, 0.717) is 6.54 Å². The lowest BCUT2D eigenvalue weighted by atomic mass is 10.1. The van der Waals surface area contributed by atoms with E-state index in [0.717, 1.165) is 0 Å². The normalized spacial score (nSPS) is 9.50. The lowest BCUT2D eigenvalue weighted by Crippen LogP contribution is -2.31. The van der Waals surface area contributed by atoms with Gasteiger partial charge < -0.3 is 15.1 Å². The van der Waals surface area contributed by atoms with Gasteiger partial charge >= 0.3 is 0 Å². The van der Waals surface area contributed by atoms with Crippen molar-refractivity contribution in [2.75, 3.05) is 13.1 Å². The Bertz CT molecular complexity index is 417. The van der Waals surface area contributed by atoms with Gasteiger partial charge in [-0.1, -0.05) is 6.07 Å². The van der Waals surface area contributed by atoms with Gasteiger partial charge in [0.05, 0.1) is 6.07 Å². The van der Waals surface area contributed by atoms with Gasteiger partial charge in [0.25, 0.3) is 5.91 Å². The van der Waals surface area contributed by atoms with Crippen LogP contribution in [0.1, 0.15) is 17.3 Å². The number of carbonyl (C=O) groups is 1. The van der Waals surface area contributed by atoms with Crippen molar-refractivity contribution in [1.82, 2.24) is 4.90 Å². The fourth-order valence-electron chi connectivity index (χ4n) is 1.32.